The fourth-order valence-corrected chi connectivity index (χ4v) is 4.07. The number of methoxy groups -OCH3 is 2. The Morgan fingerprint density at radius 3 is 2.39 bits per heavy atom. The number of carbonyl (C=O) groups excluding carboxylic acids is 1. The Morgan fingerprint density at radius 1 is 1.00 bits per heavy atom. The van der Waals surface area contributed by atoms with Gasteiger partial charge in [0.05, 0.1) is 19.9 Å². The highest BCUT2D eigenvalue weighted by molar-refractivity contribution is 5.93. The number of nitrogens with one attached hydrogen (secondary N) is 2. The van der Waals surface area contributed by atoms with Crippen molar-refractivity contribution in [1.29, 1.82) is 0 Å². The summed E-state index contributed by atoms with van der Waals surface area (Å²) in [5, 5.41) is 10.2. The Labute approximate surface area is 192 Å². The number of H-pyrrole nitrogens is 1. The monoisotopic (exact) mass is 451 g/mol. The van der Waals surface area contributed by atoms with Crippen molar-refractivity contribution in [1.82, 2.24) is 25.5 Å². The van der Waals surface area contributed by atoms with Gasteiger partial charge in [-0.1, -0.05) is 0 Å². The van der Waals surface area contributed by atoms with Crippen LogP contribution in [-0.2, 0) is 0 Å². The van der Waals surface area contributed by atoms with E-state index in [2.05, 4.69) is 25.5 Å². The van der Waals surface area contributed by atoms with Crippen LogP contribution in [0, 0.1) is 13.8 Å². The predicted molar refractivity (Wildman–Crippen MR) is 123 cm³/mol. The van der Waals surface area contributed by atoms with E-state index in [1.165, 1.54) is 0 Å². The second-order valence-corrected chi connectivity index (χ2v) is 8.23. The van der Waals surface area contributed by atoms with Gasteiger partial charge in [0.25, 0.3) is 5.91 Å². The van der Waals surface area contributed by atoms with Crippen molar-refractivity contribution in [2.45, 2.75) is 51.7 Å². The molecule has 0 aliphatic heterocycles. The van der Waals surface area contributed by atoms with Crippen LogP contribution >= 0.6 is 0 Å². The summed E-state index contributed by atoms with van der Waals surface area (Å²) in [6.07, 6.45) is 3.36. The number of hydrogen-bond acceptors (Lipinski definition) is 7. The van der Waals surface area contributed by atoms with E-state index in [0.29, 0.717) is 28.9 Å². The summed E-state index contributed by atoms with van der Waals surface area (Å²) >= 11 is 0. The first-order valence-electron chi connectivity index (χ1n) is 11.0. The highest BCUT2D eigenvalue weighted by Crippen LogP contribution is 2.32. The third kappa shape index (κ3) is 5.42. The van der Waals surface area contributed by atoms with Gasteiger partial charge in [-0.05, 0) is 69.9 Å². The average molecular weight is 452 g/mol. The number of aromatic nitrogens is 4. The Bertz CT molecular complexity index is 1100. The molecule has 9 nitrogen and oxygen atoms in total. The number of carbonyl (C=O) groups is 1. The summed E-state index contributed by atoms with van der Waals surface area (Å²) < 4.78 is 16.7. The maximum Gasteiger partial charge on any atom is 0.317 e. The highest BCUT2D eigenvalue weighted by Gasteiger charge is 2.25. The molecule has 33 heavy (non-hydrogen) atoms. The minimum absolute atomic E-state index is 0.0543. The molecular weight excluding hydrogens is 422 g/mol. The van der Waals surface area contributed by atoms with E-state index in [1.807, 2.05) is 38.1 Å². The number of rotatable bonds is 7. The molecule has 1 aromatic carbocycles. The van der Waals surface area contributed by atoms with Gasteiger partial charge in [0.15, 0.2) is 0 Å². The number of hydrogen-bond donors (Lipinski definition) is 2. The van der Waals surface area contributed by atoms with E-state index in [9.17, 15) is 4.79 Å². The van der Waals surface area contributed by atoms with Gasteiger partial charge in [0.2, 0.25) is 0 Å². The molecule has 2 heterocycles. The van der Waals surface area contributed by atoms with Crippen molar-refractivity contribution in [3.63, 3.8) is 0 Å². The highest BCUT2D eigenvalue weighted by atomic mass is 16.5. The lowest BCUT2D eigenvalue weighted by Crippen LogP contribution is -2.40. The molecule has 0 spiro atoms. The van der Waals surface area contributed by atoms with Crippen LogP contribution in [0.5, 0.6) is 17.5 Å². The van der Waals surface area contributed by atoms with Crippen LogP contribution in [0.25, 0.3) is 11.3 Å². The molecule has 0 radical (unpaired) electrons. The summed E-state index contributed by atoms with van der Waals surface area (Å²) in [6, 6.07) is 9.61. The summed E-state index contributed by atoms with van der Waals surface area (Å²) in [5.74, 6) is 1.16. The van der Waals surface area contributed by atoms with Crippen molar-refractivity contribution in [2.75, 3.05) is 14.2 Å². The largest absolute Gasteiger partial charge is 0.497 e. The smallest absolute Gasteiger partial charge is 0.317 e. The third-order valence-corrected chi connectivity index (χ3v) is 5.75. The minimum Gasteiger partial charge on any atom is -0.497 e. The zero-order valence-electron chi connectivity index (χ0n) is 19.3. The molecule has 2 N–H and O–H groups in total. The second-order valence-electron chi connectivity index (χ2n) is 8.23. The van der Waals surface area contributed by atoms with Crippen LogP contribution in [0.4, 0.5) is 0 Å². The lowest BCUT2D eigenvalue weighted by atomic mass is 9.93. The third-order valence-electron chi connectivity index (χ3n) is 5.75. The van der Waals surface area contributed by atoms with E-state index in [0.717, 1.165) is 42.6 Å². The zero-order chi connectivity index (χ0) is 23.4. The van der Waals surface area contributed by atoms with Crippen LogP contribution in [-0.4, -0.2) is 52.4 Å². The number of amides is 1. The maximum absolute atomic E-state index is 12.8. The van der Waals surface area contributed by atoms with Crippen molar-refractivity contribution in [3.05, 3.63) is 47.4 Å². The first-order chi connectivity index (χ1) is 15.9. The molecule has 2 aromatic heterocycles. The average Bonchev–Trinajstić information content (AvgIpc) is 3.29. The van der Waals surface area contributed by atoms with Crippen LogP contribution < -0.4 is 19.5 Å². The fourth-order valence-electron chi connectivity index (χ4n) is 4.07. The lowest BCUT2D eigenvalue weighted by molar-refractivity contribution is 0.0880. The fraction of sp³-hybridized carbons (Fsp3) is 0.417. The van der Waals surface area contributed by atoms with Crippen LogP contribution in [0.2, 0.25) is 0 Å². The van der Waals surface area contributed by atoms with Gasteiger partial charge in [-0.3, -0.25) is 9.89 Å². The van der Waals surface area contributed by atoms with E-state index >= 15 is 0 Å². The second kappa shape index (κ2) is 9.89. The molecule has 0 unspecified atom stereocenters. The SMILES string of the molecule is COc1ccc(OC)c(-c2cc(C(=O)NC3CCC(Oc4nc(C)cc(C)n4)CC3)[nH]n2)c1. The summed E-state index contributed by atoms with van der Waals surface area (Å²) in [7, 11) is 3.20. The molecule has 0 bridgehead atoms. The van der Waals surface area contributed by atoms with Crippen LogP contribution in [0.1, 0.15) is 47.6 Å². The lowest BCUT2D eigenvalue weighted by Gasteiger charge is -2.28. The zero-order valence-corrected chi connectivity index (χ0v) is 19.3. The van der Waals surface area contributed by atoms with Gasteiger partial charge in [-0.15, -0.1) is 0 Å². The molecule has 1 saturated carbocycles. The molecule has 3 aromatic rings. The van der Waals surface area contributed by atoms with Gasteiger partial charge in [-0.25, -0.2) is 9.97 Å². The molecule has 1 amide bonds. The maximum atomic E-state index is 12.8. The Balaban J connectivity index is 1.34. The number of ether oxygens (including phenoxy) is 3. The van der Waals surface area contributed by atoms with Crippen LogP contribution in [0.3, 0.4) is 0 Å². The van der Waals surface area contributed by atoms with E-state index in [1.54, 1.807) is 20.3 Å². The van der Waals surface area contributed by atoms with Crippen molar-refractivity contribution in [3.8, 4) is 28.8 Å². The topological polar surface area (TPSA) is 111 Å². The Morgan fingerprint density at radius 2 is 1.73 bits per heavy atom. The summed E-state index contributed by atoms with van der Waals surface area (Å²) in [6.45, 7) is 3.86. The number of nitrogens with zero attached hydrogens (tertiary/aromatic N) is 3. The predicted octanol–water partition coefficient (Wildman–Crippen LogP) is 3.62. The van der Waals surface area contributed by atoms with Gasteiger partial charge < -0.3 is 19.5 Å². The van der Waals surface area contributed by atoms with Gasteiger partial charge in [0, 0.05) is 23.0 Å². The summed E-state index contributed by atoms with van der Waals surface area (Å²) in [5.41, 5.74) is 3.55. The van der Waals surface area contributed by atoms with Gasteiger partial charge in [0.1, 0.15) is 23.3 Å². The standard InChI is InChI=1S/C24H29N5O4/c1-14-11-15(2)26-24(25-14)33-17-7-5-16(6-8-17)27-23(30)21-13-20(28-29-21)19-12-18(31-3)9-10-22(19)32-4/h9-13,16-17H,5-8H2,1-4H3,(H,27,30)(H,28,29). The molecular formula is C24H29N5O4. The number of benzene rings is 1. The van der Waals surface area contributed by atoms with Gasteiger partial charge >= 0.3 is 6.01 Å². The normalized spacial score (nSPS) is 17.9. The van der Waals surface area contributed by atoms with E-state index in [4.69, 9.17) is 14.2 Å². The molecule has 1 fully saturated rings. The Kier molecular flexibility index (Phi) is 6.76. The molecule has 0 saturated heterocycles. The van der Waals surface area contributed by atoms with Crippen molar-refractivity contribution in [2.24, 2.45) is 0 Å². The Hall–Kier alpha value is -3.62. The first kappa shape index (κ1) is 22.6. The first-order valence-corrected chi connectivity index (χ1v) is 11.0. The molecule has 174 valence electrons. The number of aryl methyl sites for hydroxylation is 2. The minimum atomic E-state index is -0.183. The number of aromatic amines is 1. The van der Waals surface area contributed by atoms with Crippen molar-refractivity contribution < 1.29 is 19.0 Å². The van der Waals surface area contributed by atoms with E-state index < -0.39 is 0 Å². The quantitative estimate of drug-likeness (QED) is 0.564. The molecule has 9 heteroatoms. The molecule has 0 atom stereocenters. The molecule has 4 rings (SSSR count). The summed E-state index contributed by atoms with van der Waals surface area (Å²) in [4.78, 5) is 21.5. The van der Waals surface area contributed by atoms with Gasteiger partial charge in [-0.2, -0.15) is 5.10 Å². The van der Waals surface area contributed by atoms with E-state index in [-0.39, 0.29) is 18.1 Å². The molecule has 1 aliphatic rings. The van der Waals surface area contributed by atoms with Crippen LogP contribution in [0.15, 0.2) is 30.3 Å². The molecule has 1 aliphatic carbocycles. The van der Waals surface area contributed by atoms with Crippen molar-refractivity contribution >= 4 is 5.91 Å².